The fourth-order valence-corrected chi connectivity index (χ4v) is 4.19. The molecule has 1 heterocycles. The first-order valence-corrected chi connectivity index (χ1v) is 9.41. The van der Waals surface area contributed by atoms with Gasteiger partial charge in [-0.05, 0) is 41.2 Å². The van der Waals surface area contributed by atoms with E-state index >= 15 is 0 Å². The Morgan fingerprint density at radius 1 is 1.04 bits per heavy atom. The predicted molar refractivity (Wildman–Crippen MR) is 104 cm³/mol. The standard InChI is InChI=1S/C20H23BrClN/c1-20(2,3)14-8-10-16(11-9-14)23-13-15(21)12-19(23)17-6-4-5-7-18(17)22/h4-11,15,19H,12-13H2,1-3H3. The maximum absolute atomic E-state index is 6.45. The Morgan fingerprint density at radius 3 is 2.30 bits per heavy atom. The van der Waals surface area contributed by atoms with Crippen molar-refractivity contribution >= 4 is 33.2 Å². The lowest BCUT2D eigenvalue weighted by Crippen LogP contribution is -2.23. The van der Waals surface area contributed by atoms with Gasteiger partial charge >= 0.3 is 0 Å². The van der Waals surface area contributed by atoms with Crippen molar-refractivity contribution in [1.29, 1.82) is 0 Å². The molecule has 0 radical (unpaired) electrons. The molecular weight excluding hydrogens is 370 g/mol. The molecule has 0 N–H and O–H groups in total. The van der Waals surface area contributed by atoms with Crippen molar-refractivity contribution in [3.05, 3.63) is 64.7 Å². The highest BCUT2D eigenvalue weighted by molar-refractivity contribution is 9.09. The van der Waals surface area contributed by atoms with Crippen LogP contribution in [0.3, 0.4) is 0 Å². The minimum Gasteiger partial charge on any atom is -0.363 e. The zero-order valence-electron chi connectivity index (χ0n) is 13.9. The molecule has 3 rings (SSSR count). The summed E-state index contributed by atoms with van der Waals surface area (Å²) in [7, 11) is 0. The molecule has 0 spiro atoms. The highest BCUT2D eigenvalue weighted by atomic mass is 79.9. The second kappa shape index (κ2) is 6.49. The summed E-state index contributed by atoms with van der Waals surface area (Å²) < 4.78 is 0. The molecule has 0 saturated carbocycles. The van der Waals surface area contributed by atoms with Crippen molar-refractivity contribution in [3.63, 3.8) is 0 Å². The van der Waals surface area contributed by atoms with Gasteiger partial charge in [0.05, 0.1) is 6.04 Å². The Balaban J connectivity index is 1.92. The Kier molecular flexibility index (Phi) is 4.75. The van der Waals surface area contributed by atoms with Gasteiger partial charge in [0.1, 0.15) is 0 Å². The highest BCUT2D eigenvalue weighted by Crippen LogP contribution is 2.41. The van der Waals surface area contributed by atoms with Crippen molar-refractivity contribution in [3.8, 4) is 0 Å². The summed E-state index contributed by atoms with van der Waals surface area (Å²) in [6.07, 6.45) is 1.07. The van der Waals surface area contributed by atoms with Gasteiger partial charge in [0, 0.05) is 22.1 Å². The number of benzene rings is 2. The molecule has 0 aromatic heterocycles. The van der Waals surface area contributed by atoms with Crippen LogP contribution in [0.2, 0.25) is 5.02 Å². The summed E-state index contributed by atoms with van der Waals surface area (Å²) in [4.78, 5) is 2.96. The van der Waals surface area contributed by atoms with Gasteiger partial charge < -0.3 is 4.90 Å². The maximum atomic E-state index is 6.45. The lowest BCUT2D eigenvalue weighted by molar-refractivity contribution is 0.590. The molecule has 2 atom stereocenters. The van der Waals surface area contributed by atoms with Gasteiger partial charge in [-0.3, -0.25) is 0 Å². The van der Waals surface area contributed by atoms with E-state index in [1.54, 1.807) is 0 Å². The van der Waals surface area contributed by atoms with E-state index < -0.39 is 0 Å². The first-order valence-electron chi connectivity index (χ1n) is 8.12. The molecule has 122 valence electrons. The number of nitrogens with zero attached hydrogens (tertiary/aromatic N) is 1. The Hall–Kier alpha value is -0.990. The summed E-state index contributed by atoms with van der Waals surface area (Å²) in [5, 5.41) is 0.857. The third kappa shape index (κ3) is 3.59. The molecule has 1 nitrogen and oxygen atoms in total. The lowest BCUT2D eigenvalue weighted by Gasteiger charge is -2.28. The molecule has 23 heavy (non-hydrogen) atoms. The molecule has 2 aromatic rings. The van der Waals surface area contributed by atoms with Gasteiger partial charge in [-0.2, -0.15) is 0 Å². The van der Waals surface area contributed by atoms with E-state index in [4.69, 9.17) is 11.6 Å². The van der Waals surface area contributed by atoms with Crippen molar-refractivity contribution in [1.82, 2.24) is 0 Å². The normalized spacial score (nSPS) is 21.7. The molecule has 0 aliphatic carbocycles. The van der Waals surface area contributed by atoms with Crippen LogP contribution in [0.15, 0.2) is 48.5 Å². The van der Waals surface area contributed by atoms with Crippen molar-refractivity contribution in [2.45, 2.75) is 43.5 Å². The van der Waals surface area contributed by atoms with Gasteiger partial charge in [-0.25, -0.2) is 0 Å². The molecule has 2 aromatic carbocycles. The fourth-order valence-electron chi connectivity index (χ4n) is 3.26. The lowest BCUT2D eigenvalue weighted by atomic mass is 9.87. The van der Waals surface area contributed by atoms with Gasteiger partial charge in [0.2, 0.25) is 0 Å². The van der Waals surface area contributed by atoms with Crippen LogP contribution in [-0.2, 0) is 5.41 Å². The van der Waals surface area contributed by atoms with Gasteiger partial charge in [-0.1, -0.05) is 78.6 Å². The quantitative estimate of drug-likeness (QED) is 0.538. The minimum absolute atomic E-state index is 0.184. The van der Waals surface area contributed by atoms with Crippen LogP contribution in [0.5, 0.6) is 0 Å². The number of alkyl halides is 1. The Morgan fingerprint density at radius 2 is 1.70 bits per heavy atom. The Labute approximate surface area is 152 Å². The first kappa shape index (κ1) is 16.9. The van der Waals surface area contributed by atoms with E-state index in [1.165, 1.54) is 16.8 Å². The molecule has 1 saturated heterocycles. The van der Waals surface area contributed by atoms with E-state index in [0.717, 1.165) is 18.0 Å². The number of hydrogen-bond acceptors (Lipinski definition) is 1. The van der Waals surface area contributed by atoms with Crippen molar-refractivity contribution in [2.75, 3.05) is 11.4 Å². The van der Waals surface area contributed by atoms with Gasteiger partial charge in [-0.15, -0.1) is 0 Å². The third-order valence-corrected chi connectivity index (χ3v) is 5.59. The van der Waals surface area contributed by atoms with Crippen LogP contribution in [0, 0.1) is 0 Å². The maximum Gasteiger partial charge on any atom is 0.0568 e. The smallest absolute Gasteiger partial charge is 0.0568 e. The molecule has 0 amide bonds. The third-order valence-electron chi connectivity index (χ3n) is 4.58. The molecular formula is C20H23BrClN. The number of hydrogen-bond donors (Lipinski definition) is 0. The zero-order chi connectivity index (χ0) is 16.6. The van der Waals surface area contributed by atoms with Gasteiger partial charge in [0.25, 0.3) is 0 Å². The SMILES string of the molecule is CC(C)(C)c1ccc(N2CC(Br)CC2c2ccccc2Cl)cc1. The van der Waals surface area contributed by atoms with Crippen LogP contribution in [0.1, 0.15) is 44.4 Å². The van der Waals surface area contributed by atoms with Crippen LogP contribution in [0.4, 0.5) is 5.69 Å². The summed E-state index contributed by atoms with van der Waals surface area (Å²) in [6, 6.07) is 17.5. The second-order valence-electron chi connectivity index (χ2n) is 7.32. The molecule has 1 aliphatic heterocycles. The van der Waals surface area contributed by atoms with Crippen LogP contribution < -0.4 is 4.90 Å². The molecule has 0 bridgehead atoms. The van der Waals surface area contributed by atoms with E-state index in [9.17, 15) is 0 Å². The van der Waals surface area contributed by atoms with E-state index in [-0.39, 0.29) is 5.41 Å². The predicted octanol–water partition coefficient (Wildman–Crippen LogP) is 6.35. The Bertz CT molecular complexity index is 675. The number of halogens is 2. The van der Waals surface area contributed by atoms with E-state index in [1.807, 2.05) is 12.1 Å². The van der Waals surface area contributed by atoms with Crippen molar-refractivity contribution < 1.29 is 0 Å². The number of rotatable bonds is 2. The molecule has 3 heteroatoms. The van der Waals surface area contributed by atoms with Crippen LogP contribution >= 0.6 is 27.5 Å². The summed E-state index contributed by atoms with van der Waals surface area (Å²) >= 11 is 10.2. The van der Waals surface area contributed by atoms with Crippen molar-refractivity contribution in [2.24, 2.45) is 0 Å². The average molecular weight is 393 g/mol. The molecule has 1 fully saturated rings. The van der Waals surface area contributed by atoms with E-state index in [2.05, 4.69) is 78.0 Å². The van der Waals surface area contributed by atoms with Crippen LogP contribution in [0.25, 0.3) is 0 Å². The second-order valence-corrected chi connectivity index (χ2v) is 9.02. The van der Waals surface area contributed by atoms with Gasteiger partial charge in [0.15, 0.2) is 0 Å². The van der Waals surface area contributed by atoms with E-state index in [0.29, 0.717) is 10.9 Å². The monoisotopic (exact) mass is 391 g/mol. The summed E-state index contributed by atoms with van der Waals surface area (Å²) in [5.41, 5.74) is 4.04. The topological polar surface area (TPSA) is 3.24 Å². The van der Waals surface area contributed by atoms with Crippen LogP contribution in [-0.4, -0.2) is 11.4 Å². The summed E-state index contributed by atoms with van der Waals surface area (Å²) in [5.74, 6) is 0. The largest absolute Gasteiger partial charge is 0.363 e. The highest BCUT2D eigenvalue weighted by Gasteiger charge is 2.33. The molecule has 2 unspecified atom stereocenters. The fraction of sp³-hybridized carbons (Fsp3) is 0.400. The first-order chi connectivity index (χ1) is 10.9. The molecule has 1 aliphatic rings. The average Bonchev–Trinajstić information content (AvgIpc) is 2.89. The zero-order valence-corrected chi connectivity index (χ0v) is 16.2. The number of anilines is 1. The minimum atomic E-state index is 0.184. The summed E-state index contributed by atoms with van der Waals surface area (Å²) in [6.45, 7) is 7.75.